The van der Waals surface area contributed by atoms with Gasteiger partial charge in [-0.2, -0.15) is 0 Å². The zero-order valence-corrected chi connectivity index (χ0v) is 12.9. The van der Waals surface area contributed by atoms with Crippen molar-refractivity contribution in [3.8, 4) is 0 Å². The summed E-state index contributed by atoms with van der Waals surface area (Å²) in [5, 5.41) is 0. The maximum Gasteiger partial charge on any atom is 0.107 e. The van der Waals surface area contributed by atoms with Crippen molar-refractivity contribution >= 4 is 0 Å². The van der Waals surface area contributed by atoms with Crippen molar-refractivity contribution in [1.82, 2.24) is 0 Å². The number of hydrogen-bond acceptors (Lipinski definition) is 5. The molecule has 5 nitrogen and oxygen atoms in total. The van der Waals surface area contributed by atoms with Gasteiger partial charge in [-0.05, 0) is 11.8 Å². The van der Waals surface area contributed by atoms with Crippen LogP contribution < -0.4 is 0 Å². The zero-order valence-electron chi connectivity index (χ0n) is 12.9. The minimum Gasteiger partial charge on any atom is -0.381 e. The summed E-state index contributed by atoms with van der Waals surface area (Å²) < 4.78 is 28.4. The molecule has 4 rings (SSSR count). The van der Waals surface area contributed by atoms with E-state index in [0.29, 0.717) is 23.7 Å². The Morgan fingerprint density at radius 2 is 1.10 bits per heavy atom. The maximum atomic E-state index is 6.57. The molecule has 5 heteroatoms. The Bertz CT molecular complexity index is 326. The summed E-state index contributed by atoms with van der Waals surface area (Å²) in [7, 11) is 0. The zero-order chi connectivity index (χ0) is 14.4. The van der Waals surface area contributed by atoms with E-state index in [2.05, 4.69) is 13.8 Å². The minimum absolute atomic E-state index is 0.177. The molecule has 0 aromatic carbocycles. The lowest BCUT2D eigenvalue weighted by Gasteiger charge is -2.40. The molecule has 0 saturated carbocycles. The number of epoxide rings is 2. The Hall–Kier alpha value is -0.200. The topological polar surface area (TPSA) is 52.8 Å². The molecule has 6 unspecified atom stereocenters. The van der Waals surface area contributed by atoms with Gasteiger partial charge < -0.3 is 23.7 Å². The fourth-order valence-corrected chi connectivity index (χ4v) is 3.42. The van der Waals surface area contributed by atoms with E-state index >= 15 is 0 Å². The Kier molecular flexibility index (Phi) is 3.96. The molecule has 21 heavy (non-hydrogen) atoms. The lowest BCUT2D eigenvalue weighted by molar-refractivity contribution is -0.156. The predicted molar refractivity (Wildman–Crippen MR) is 75.1 cm³/mol. The molecular weight excluding hydrogens is 272 g/mol. The number of rotatable bonds is 8. The van der Waals surface area contributed by atoms with Gasteiger partial charge in [-0.1, -0.05) is 13.8 Å². The largest absolute Gasteiger partial charge is 0.381 e. The van der Waals surface area contributed by atoms with E-state index in [9.17, 15) is 0 Å². The van der Waals surface area contributed by atoms with E-state index in [1.165, 1.54) is 0 Å². The molecule has 4 aliphatic rings. The first-order chi connectivity index (χ1) is 10.2. The first kappa shape index (κ1) is 14.4. The molecule has 4 saturated heterocycles. The average Bonchev–Trinajstić information content (AvgIpc) is 3.19. The monoisotopic (exact) mass is 298 g/mol. The third kappa shape index (κ3) is 2.99. The first-order valence-corrected chi connectivity index (χ1v) is 8.28. The summed E-state index contributed by atoms with van der Waals surface area (Å²) in [5.74, 6) is 2.19. The normalized spacial score (nSPS) is 38.0. The van der Waals surface area contributed by atoms with Crippen LogP contribution in [0.3, 0.4) is 0 Å². The van der Waals surface area contributed by atoms with Gasteiger partial charge in [-0.3, -0.25) is 0 Å². The third-order valence-electron chi connectivity index (χ3n) is 5.62. The van der Waals surface area contributed by atoms with Crippen LogP contribution >= 0.6 is 0 Å². The van der Waals surface area contributed by atoms with Gasteiger partial charge >= 0.3 is 0 Å². The van der Waals surface area contributed by atoms with Gasteiger partial charge in [-0.25, -0.2) is 0 Å². The van der Waals surface area contributed by atoms with Crippen molar-refractivity contribution in [1.29, 1.82) is 0 Å². The molecule has 4 heterocycles. The van der Waals surface area contributed by atoms with Gasteiger partial charge in [0.05, 0.1) is 51.8 Å². The first-order valence-electron chi connectivity index (χ1n) is 8.28. The van der Waals surface area contributed by atoms with Crippen LogP contribution in [0.5, 0.6) is 0 Å². The van der Waals surface area contributed by atoms with Gasteiger partial charge in [0, 0.05) is 11.8 Å². The van der Waals surface area contributed by atoms with E-state index in [-0.39, 0.29) is 24.4 Å². The summed E-state index contributed by atoms with van der Waals surface area (Å²) >= 11 is 0. The lowest BCUT2D eigenvalue weighted by atomic mass is 9.84. The summed E-state index contributed by atoms with van der Waals surface area (Å²) in [6.07, 6.45) is 0.895. The Balaban J connectivity index is 1.41. The molecule has 0 bridgehead atoms. The van der Waals surface area contributed by atoms with Crippen molar-refractivity contribution in [2.24, 2.45) is 23.7 Å². The third-order valence-corrected chi connectivity index (χ3v) is 5.62. The van der Waals surface area contributed by atoms with Crippen molar-refractivity contribution in [2.45, 2.75) is 38.3 Å². The average molecular weight is 298 g/mol. The van der Waals surface area contributed by atoms with E-state index in [0.717, 1.165) is 39.6 Å². The smallest absolute Gasteiger partial charge is 0.107 e. The summed E-state index contributed by atoms with van der Waals surface area (Å²) in [4.78, 5) is 0. The fourth-order valence-electron chi connectivity index (χ4n) is 3.42. The standard InChI is InChI=1S/C16H26O5/c1-9(11-3-17-4-11)15(13-7-19-13)21-16(14-8-20-14)10(2)12-5-18-6-12/h9-16H,3-8H2,1-2H3. The molecule has 0 aromatic heterocycles. The number of hydrogen-bond donors (Lipinski definition) is 0. The van der Waals surface area contributed by atoms with Crippen molar-refractivity contribution in [3.05, 3.63) is 0 Å². The molecule has 4 aliphatic heterocycles. The van der Waals surface area contributed by atoms with E-state index in [1.807, 2.05) is 0 Å². The molecule has 6 atom stereocenters. The van der Waals surface area contributed by atoms with Gasteiger partial charge in [0.1, 0.15) is 12.2 Å². The van der Waals surface area contributed by atoms with Crippen LogP contribution in [0.2, 0.25) is 0 Å². The molecule has 0 radical (unpaired) electrons. The van der Waals surface area contributed by atoms with Gasteiger partial charge in [-0.15, -0.1) is 0 Å². The molecule has 4 fully saturated rings. The summed E-state index contributed by atoms with van der Waals surface area (Å²) in [6, 6.07) is 0. The van der Waals surface area contributed by atoms with Crippen molar-refractivity contribution in [3.63, 3.8) is 0 Å². The quantitative estimate of drug-likeness (QED) is 0.628. The second kappa shape index (κ2) is 5.78. The lowest BCUT2D eigenvalue weighted by Crippen LogP contribution is -2.48. The van der Waals surface area contributed by atoms with Crippen LogP contribution in [0, 0.1) is 23.7 Å². The van der Waals surface area contributed by atoms with Crippen LogP contribution in [-0.4, -0.2) is 64.1 Å². The Morgan fingerprint density at radius 3 is 1.33 bits per heavy atom. The molecule has 0 amide bonds. The molecule has 0 aliphatic carbocycles. The van der Waals surface area contributed by atoms with Gasteiger partial charge in [0.2, 0.25) is 0 Å². The highest BCUT2D eigenvalue weighted by molar-refractivity contribution is 4.94. The maximum absolute atomic E-state index is 6.57. The highest BCUT2D eigenvalue weighted by Crippen LogP contribution is 2.37. The summed E-state index contributed by atoms with van der Waals surface area (Å²) in [6.45, 7) is 9.69. The van der Waals surface area contributed by atoms with Crippen LogP contribution in [0.25, 0.3) is 0 Å². The van der Waals surface area contributed by atoms with Gasteiger partial charge in [0.15, 0.2) is 0 Å². The van der Waals surface area contributed by atoms with Gasteiger partial charge in [0.25, 0.3) is 0 Å². The highest BCUT2D eigenvalue weighted by atomic mass is 16.6. The van der Waals surface area contributed by atoms with Crippen LogP contribution in [-0.2, 0) is 23.7 Å². The molecule has 0 spiro atoms. The van der Waals surface area contributed by atoms with E-state index < -0.39 is 0 Å². The van der Waals surface area contributed by atoms with Crippen LogP contribution in [0.4, 0.5) is 0 Å². The second-order valence-electron chi connectivity index (χ2n) is 7.12. The minimum atomic E-state index is 0.177. The molecular formula is C16H26O5. The predicted octanol–water partition coefficient (Wildman–Crippen LogP) is 1.10. The van der Waals surface area contributed by atoms with Crippen LogP contribution in [0.1, 0.15) is 13.8 Å². The molecule has 0 aromatic rings. The Morgan fingerprint density at radius 1 is 0.714 bits per heavy atom. The fraction of sp³-hybridized carbons (Fsp3) is 1.00. The SMILES string of the molecule is CC(C1COC1)C(OC(C1CO1)C(C)C1COC1)C1CO1. The number of ether oxygens (including phenoxy) is 5. The molecule has 0 N–H and O–H groups in total. The van der Waals surface area contributed by atoms with E-state index in [4.69, 9.17) is 23.7 Å². The van der Waals surface area contributed by atoms with E-state index in [1.54, 1.807) is 0 Å². The second-order valence-corrected chi connectivity index (χ2v) is 7.12. The van der Waals surface area contributed by atoms with Crippen molar-refractivity contribution in [2.75, 3.05) is 39.6 Å². The van der Waals surface area contributed by atoms with Crippen molar-refractivity contribution < 1.29 is 23.7 Å². The van der Waals surface area contributed by atoms with Crippen LogP contribution in [0.15, 0.2) is 0 Å². The highest BCUT2D eigenvalue weighted by Gasteiger charge is 2.48. The molecule has 120 valence electrons. The Labute approximate surface area is 126 Å². The summed E-state index contributed by atoms with van der Waals surface area (Å²) in [5.41, 5.74) is 0.